The Morgan fingerprint density at radius 1 is 1.06 bits per heavy atom. The third-order valence-corrected chi connectivity index (χ3v) is 6.05. The van der Waals surface area contributed by atoms with Crippen molar-refractivity contribution < 1.29 is 18.3 Å². The molecule has 4 aromatic rings. The fraction of sp³-hybridized carbons (Fsp3) is 0.233. The number of benzene rings is 3. The van der Waals surface area contributed by atoms with Crippen LogP contribution in [0.4, 0.5) is 4.39 Å². The van der Waals surface area contributed by atoms with Crippen molar-refractivity contribution >= 4 is 22.4 Å². The number of rotatable bonds is 8. The standard InChI is InChI=1S/C30H30FNO3/c1-5-34-28-17-29-26(27(18-35-29)24-11-6-19(2)14-20(24)3)16-25(28)21(4)15-30(33)32-13-12-22-7-9-23(31)10-8-22/h6-11,14-18H,5,12-13H2,1-4H3,(H,32,33)/b21-15+. The van der Waals surface area contributed by atoms with Crippen LogP contribution in [0.1, 0.15) is 36.1 Å². The van der Waals surface area contributed by atoms with Crippen molar-refractivity contribution in [3.63, 3.8) is 0 Å². The topological polar surface area (TPSA) is 51.5 Å². The van der Waals surface area contributed by atoms with E-state index in [2.05, 4.69) is 37.4 Å². The first-order chi connectivity index (χ1) is 16.9. The number of amides is 1. The van der Waals surface area contributed by atoms with Gasteiger partial charge < -0.3 is 14.5 Å². The molecular formula is C30H30FNO3. The summed E-state index contributed by atoms with van der Waals surface area (Å²) in [5.74, 6) is 0.222. The number of hydrogen-bond acceptors (Lipinski definition) is 3. The largest absolute Gasteiger partial charge is 0.493 e. The first-order valence-electron chi connectivity index (χ1n) is 11.8. The molecule has 0 unspecified atom stereocenters. The zero-order valence-corrected chi connectivity index (χ0v) is 20.6. The predicted molar refractivity (Wildman–Crippen MR) is 139 cm³/mol. The van der Waals surface area contributed by atoms with Crippen LogP contribution >= 0.6 is 0 Å². The summed E-state index contributed by atoms with van der Waals surface area (Å²) >= 11 is 0. The summed E-state index contributed by atoms with van der Waals surface area (Å²) in [6.07, 6.45) is 4.00. The average molecular weight is 472 g/mol. The fourth-order valence-electron chi connectivity index (χ4n) is 4.27. The molecule has 0 saturated carbocycles. The van der Waals surface area contributed by atoms with E-state index < -0.39 is 0 Å². The molecule has 0 bridgehead atoms. The van der Waals surface area contributed by atoms with Gasteiger partial charge in [-0.15, -0.1) is 0 Å². The van der Waals surface area contributed by atoms with Gasteiger partial charge in [-0.2, -0.15) is 0 Å². The highest BCUT2D eigenvalue weighted by Crippen LogP contribution is 2.38. The zero-order chi connectivity index (χ0) is 24.9. The van der Waals surface area contributed by atoms with E-state index in [1.807, 2.05) is 26.0 Å². The second-order valence-electron chi connectivity index (χ2n) is 8.74. The molecule has 1 N–H and O–H groups in total. The molecule has 0 fully saturated rings. The van der Waals surface area contributed by atoms with Crippen molar-refractivity contribution in [3.8, 4) is 16.9 Å². The zero-order valence-electron chi connectivity index (χ0n) is 20.6. The number of aryl methyl sites for hydroxylation is 2. The predicted octanol–water partition coefficient (Wildman–Crippen LogP) is 7.02. The monoisotopic (exact) mass is 471 g/mol. The molecule has 35 heavy (non-hydrogen) atoms. The van der Waals surface area contributed by atoms with E-state index in [1.165, 1.54) is 23.3 Å². The summed E-state index contributed by atoms with van der Waals surface area (Å²) in [6, 6.07) is 16.6. The number of ether oxygens (including phenoxy) is 1. The van der Waals surface area contributed by atoms with E-state index in [4.69, 9.17) is 9.15 Å². The number of hydrogen-bond donors (Lipinski definition) is 1. The van der Waals surface area contributed by atoms with Gasteiger partial charge in [0.05, 0.1) is 12.9 Å². The lowest BCUT2D eigenvalue weighted by Gasteiger charge is -2.12. The van der Waals surface area contributed by atoms with Gasteiger partial charge in [-0.05, 0) is 74.6 Å². The van der Waals surface area contributed by atoms with Crippen molar-refractivity contribution in [1.82, 2.24) is 5.32 Å². The first kappa shape index (κ1) is 24.3. The van der Waals surface area contributed by atoms with E-state index in [0.717, 1.165) is 38.8 Å². The molecule has 5 heteroatoms. The number of allylic oxidation sites excluding steroid dienone is 1. The minimum atomic E-state index is -0.267. The van der Waals surface area contributed by atoms with Crippen LogP contribution < -0.4 is 10.1 Å². The van der Waals surface area contributed by atoms with Crippen molar-refractivity contribution in [2.24, 2.45) is 0 Å². The normalized spacial score (nSPS) is 11.6. The molecule has 0 saturated heterocycles. The maximum atomic E-state index is 13.1. The number of halogens is 1. The maximum absolute atomic E-state index is 13.1. The number of carbonyl (C=O) groups is 1. The van der Waals surface area contributed by atoms with Gasteiger partial charge in [0.1, 0.15) is 17.1 Å². The quantitative estimate of drug-likeness (QED) is 0.281. The highest BCUT2D eigenvalue weighted by molar-refractivity contribution is 6.00. The van der Waals surface area contributed by atoms with Gasteiger partial charge in [-0.1, -0.05) is 35.9 Å². The summed E-state index contributed by atoms with van der Waals surface area (Å²) in [6.45, 7) is 8.97. The van der Waals surface area contributed by atoms with Crippen LogP contribution in [0.3, 0.4) is 0 Å². The Balaban J connectivity index is 1.60. The Kier molecular flexibility index (Phi) is 7.35. The lowest BCUT2D eigenvalue weighted by Crippen LogP contribution is -2.23. The first-order valence-corrected chi connectivity index (χ1v) is 11.8. The highest BCUT2D eigenvalue weighted by Gasteiger charge is 2.16. The van der Waals surface area contributed by atoms with Crippen molar-refractivity contribution in [3.05, 3.63) is 95.0 Å². The van der Waals surface area contributed by atoms with Gasteiger partial charge in [-0.25, -0.2) is 4.39 Å². The molecule has 0 aliphatic rings. The maximum Gasteiger partial charge on any atom is 0.244 e. The van der Waals surface area contributed by atoms with Crippen LogP contribution in [-0.2, 0) is 11.2 Å². The Labute approximate surface area is 205 Å². The molecule has 1 amide bonds. The van der Waals surface area contributed by atoms with Crippen LogP contribution in [-0.4, -0.2) is 19.1 Å². The van der Waals surface area contributed by atoms with Crippen LogP contribution in [0.5, 0.6) is 5.75 Å². The average Bonchev–Trinajstić information content (AvgIpc) is 3.22. The molecule has 1 heterocycles. The summed E-state index contributed by atoms with van der Waals surface area (Å²) in [5.41, 5.74) is 7.86. The summed E-state index contributed by atoms with van der Waals surface area (Å²) in [7, 11) is 0. The second kappa shape index (κ2) is 10.6. The number of carbonyl (C=O) groups excluding carboxylic acids is 1. The van der Waals surface area contributed by atoms with Gasteiger partial charge in [-0.3, -0.25) is 4.79 Å². The van der Waals surface area contributed by atoms with Gasteiger partial charge in [0, 0.05) is 35.2 Å². The number of fused-ring (bicyclic) bond motifs is 1. The highest BCUT2D eigenvalue weighted by atomic mass is 19.1. The fourth-order valence-corrected chi connectivity index (χ4v) is 4.27. The third-order valence-electron chi connectivity index (χ3n) is 6.05. The summed E-state index contributed by atoms with van der Waals surface area (Å²) in [4.78, 5) is 12.6. The van der Waals surface area contributed by atoms with Crippen LogP contribution in [0.2, 0.25) is 0 Å². The molecular weight excluding hydrogens is 441 g/mol. The number of furan rings is 1. The SMILES string of the molecule is CCOc1cc2occ(-c3ccc(C)cc3C)c2cc1/C(C)=C/C(=O)NCCc1ccc(F)cc1. The Bertz CT molecular complexity index is 1380. The molecule has 0 radical (unpaired) electrons. The molecule has 3 aromatic carbocycles. The lowest BCUT2D eigenvalue weighted by atomic mass is 9.96. The molecule has 1 aromatic heterocycles. The summed E-state index contributed by atoms with van der Waals surface area (Å²) < 4.78 is 24.8. The van der Waals surface area contributed by atoms with Crippen LogP contribution in [0.25, 0.3) is 27.7 Å². The molecule has 180 valence electrons. The molecule has 4 rings (SSSR count). The molecule has 0 atom stereocenters. The van der Waals surface area contributed by atoms with E-state index in [9.17, 15) is 9.18 Å². The Morgan fingerprint density at radius 2 is 1.83 bits per heavy atom. The molecule has 0 spiro atoms. The van der Waals surface area contributed by atoms with Crippen LogP contribution in [0, 0.1) is 19.7 Å². The van der Waals surface area contributed by atoms with E-state index in [-0.39, 0.29) is 11.7 Å². The van der Waals surface area contributed by atoms with Crippen molar-refractivity contribution in [1.29, 1.82) is 0 Å². The van der Waals surface area contributed by atoms with Gasteiger partial charge in [0.15, 0.2) is 0 Å². The third kappa shape index (κ3) is 5.62. The van der Waals surface area contributed by atoms with Gasteiger partial charge >= 0.3 is 0 Å². The van der Waals surface area contributed by atoms with E-state index in [1.54, 1.807) is 24.5 Å². The molecule has 0 aliphatic heterocycles. The second-order valence-corrected chi connectivity index (χ2v) is 8.74. The van der Waals surface area contributed by atoms with Crippen LogP contribution in [0.15, 0.2) is 71.4 Å². The summed E-state index contributed by atoms with van der Waals surface area (Å²) in [5, 5.41) is 3.88. The number of nitrogens with one attached hydrogen (secondary N) is 1. The van der Waals surface area contributed by atoms with E-state index >= 15 is 0 Å². The lowest BCUT2D eigenvalue weighted by molar-refractivity contribution is -0.116. The van der Waals surface area contributed by atoms with Crippen molar-refractivity contribution in [2.75, 3.05) is 13.2 Å². The minimum Gasteiger partial charge on any atom is -0.493 e. The van der Waals surface area contributed by atoms with Gasteiger partial charge in [0.2, 0.25) is 5.91 Å². The van der Waals surface area contributed by atoms with E-state index in [0.29, 0.717) is 25.3 Å². The smallest absolute Gasteiger partial charge is 0.244 e. The van der Waals surface area contributed by atoms with Gasteiger partial charge in [0.25, 0.3) is 0 Å². The Hall–Kier alpha value is -3.86. The molecule has 4 nitrogen and oxygen atoms in total. The molecule has 0 aliphatic carbocycles. The Morgan fingerprint density at radius 3 is 2.54 bits per heavy atom. The minimum absolute atomic E-state index is 0.186. The van der Waals surface area contributed by atoms with Crippen molar-refractivity contribution in [2.45, 2.75) is 34.1 Å².